The molecule has 0 saturated heterocycles. The maximum Gasteiger partial charge on any atom is 0.227 e. The molecule has 0 bridgehead atoms. The molecule has 0 saturated carbocycles. The van der Waals surface area contributed by atoms with Crippen LogP contribution in [0.25, 0.3) is 0 Å². The summed E-state index contributed by atoms with van der Waals surface area (Å²) in [6.45, 7) is 3.88. The summed E-state index contributed by atoms with van der Waals surface area (Å²) in [4.78, 5) is 12.3. The summed E-state index contributed by atoms with van der Waals surface area (Å²) >= 11 is 0. The zero-order valence-corrected chi connectivity index (χ0v) is 11.8. The molecule has 0 aliphatic carbocycles. The Morgan fingerprint density at radius 2 is 1.65 bits per heavy atom. The van der Waals surface area contributed by atoms with Gasteiger partial charge in [0.05, 0.1) is 12.0 Å². The molecular formula is C17H20N2O. The van der Waals surface area contributed by atoms with Crippen molar-refractivity contribution in [1.29, 1.82) is 0 Å². The number of nitrogens with one attached hydrogen (secondary N) is 1. The molecule has 2 aromatic carbocycles. The summed E-state index contributed by atoms with van der Waals surface area (Å²) in [5, 5.41) is 3.03. The van der Waals surface area contributed by atoms with Gasteiger partial charge in [0, 0.05) is 5.69 Å². The van der Waals surface area contributed by atoms with Crippen molar-refractivity contribution in [2.45, 2.75) is 25.8 Å². The molecule has 3 nitrogen and oxygen atoms in total. The van der Waals surface area contributed by atoms with E-state index in [2.05, 4.69) is 5.32 Å². The lowest BCUT2D eigenvalue weighted by Gasteiger charge is -2.18. The molecule has 0 aliphatic heterocycles. The fourth-order valence-corrected chi connectivity index (χ4v) is 2.14. The zero-order valence-electron chi connectivity index (χ0n) is 11.8. The van der Waals surface area contributed by atoms with Crippen LogP contribution in [0, 0.1) is 0 Å². The Balaban J connectivity index is 2.05. The van der Waals surface area contributed by atoms with E-state index in [-0.39, 0.29) is 17.9 Å². The van der Waals surface area contributed by atoms with Crippen molar-refractivity contribution < 1.29 is 4.79 Å². The number of carbonyl (C=O) groups is 1. The summed E-state index contributed by atoms with van der Waals surface area (Å²) in [6.07, 6.45) is 0. The summed E-state index contributed by atoms with van der Waals surface area (Å²) in [6, 6.07) is 17.4. The van der Waals surface area contributed by atoms with Gasteiger partial charge in [0.15, 0.2) is 0 Å². The second kappa shape index (κ2) is 6.24. The smallest absolute Gasteiger partial charge is 0.227 e. The summed E-state index contributed by atoms with van der Waals surface area (Å²) < 4.78 is 0. The molecule has 104 valence electrons. The Hall–Kier alpha value is -2.29. The van der Waals surface area contributed by atoms with Crippen LogP contribution < -0.4 is 11.1 Å². The monoisotopic (exact) mass is 268 g/mol. The van der Waals surface area contributed by atoms with Gasteiger partial charge in [-0.15, -0.1) is 0 Å². The molecule has 3 heteroatoms. The van der Waals surface area contributed by atoms with E-state index in [1.165, 1.54) is 0 Å². The quantitative estimate of drug-likeness (QED) is 0.836. The van der Waals surface area contributed by atoms with Crippen LogP contribution in [0.15, 0.2) is 54.6 Å². The fourth-order valence-electron chi connectivity index (χ4n) is 2.14. The molecule has 1 unspecified atom stereocenters. The van der Waals surface area contributed by atoms with E-state index < -0.39 is 0 Å². The predicted octanol–water partition coefficient (Wildman–Crippen LogP) is 3.25. The third-order valence-corrected chi connectivity index (χ3v) is 3.46. The van der Waals surface area contributed by atoms with Crippen LogP contribution in [-0.2, 0) is 4.79 Å². The molecule has 20 heavy (non-hydrogen) atoms. The van der Waals surface area contributed by atoms with Crippen molar-refractivity contribution in [1.82, 2.24) is 5.32 Å². The summed E-state index contributed by atoms with van der Waals surface area (Å²) in [7, 11) is 0. The maximum atomic E-state index is 12.3. The first-order chi connectivity index (χ1) is 9.58. The van der Waals surface area contributed by atoms with Crippen molar-refractivity contribution in [3.05, 3.63) is 65.7 Å². The molecule has 0 radical (unpaired) electrons. The Morgan fingerprint density at radius 3 is 2.30 bits per heavy atom. The van der Waals surface area contributed by atoms with Crippen LogP contribution in [0.3, 0.4) is 0 Å². The minimum Gasteiger partial charge on any atom is -0.399 e. The maximum absolute atomic E-state index is 12.3. The minimum absolute atomic E-state index is 0.00644. The second-order valence-electron chi connectivity index (χ2n) is 5.03. The largest absolute Gasteiger partial charge is 0.399 e. The predicted molar refractivity (Wildman–Crippen MR) is 82.3 cm³/mol. The van der Waals surface area contributed by atoms with Crippen molar-refractivity contribution >= 4 is 11.6 Å². The third kappa shape index (κ3) is 3.38. The first-order valence-corrected chi connectivity index (χ1v) is 6.78. The van der Waals surface area contributed by atoms with Crippen LogP contribution in [0.5, 0.6) is 0 Å². The van der Waals surface area contributed by atoms with Gasteiger partial charge < -0.3 is 11.1 Å². The number of nitrogen functional groups attached to an aromatic ring is 1. The van der Waals surface area contributed by atoms with Crippen molar-refractivity contribution in [2.75, 3.05) is 5.73 Å². The standard InChI is InChI=1S/C17H20N2O/c1-12(15-9-6-10-16(18)11-15)17(20)19-13(2)14-7-4-3-5-8-14/h3-13H,18H2,1-2H3,(H,19,20)/t12?,13-/m0/s1. The molecule has 2 aromatic rings. The molecule has 0 fully saturated rings. The SMILES string of the molecule is CC(C(=O)N[C@@H](C)c1ccccc1)c1cccc(N)c1. The first kappa shape index (κ1) is 14.1. The van der Waals surface area contributed by atoms with E-state index >= 15 is 0 Å². The van der Waals surface area contributed by atoms with Crippen LogP contribution in [0.1, 0.15) is 36.9 Å². The van der Waals surface area contributed by atoms with E-state index in [0.717, 1.165) is 11.1 Å². The lowest BCUT2D eigenvalue weighted by Crippen LogP contribution is -2.30. The van der Waals surface area contributed by atoms with Crippen LogP contribution in [0.4, 0.5) is 5.69 Å². The number of nitrogens with two attached hydrogens (primary N) is 1. The number of benzene rings is 2. The topological polar surface area (TPSA) is 55.1 Å². The third-order valence-electron chi connectivity index (χ3n) is 3.46. The van der Waals surface area contributed by atoms with E-state index in [1.54, 1.807) is 0 Å². The molecule has 1 amide bonds. The van der Waals surface area contributed by atoms with Crippen molar-refractivity contribution in [2.24, 2.45) is 0 Å². The Bertz CT molecular complexity index is 581. The highest BCUT2D eigenvalue weighted by Gasteiger charge is 2.17. The number of rotatable bonds is 4. The Kier molecular flexibility index (Phi) is 4.41. The van der Waals surface area contributed by atoms with Crippen molar-refractivity contribution in [3.8, 4) is 0 Å². The van der Waals surface area contributed by atoms with E-state index in [4.69, 9.17) is 5.73 Å². The van der Waals surface area contributed by atoms with Gasteiger partial charge in [-0.25, -0.2) is 0 Å². The zero-order chi connectivity index (χ0) is 14.5. The Labute approximate surface area is 119 Å². The molecule has 0 aliphatic rings. The van der Waals surface area contributed by atoms with Crippen LogP contribution in [-0.4, -0.2) is 5.91 Å². The van der Waals surface area contributed by atoms with Gasteiger partial charge in [0.1, 0.15) is 0 Å². The van der Waals surface area contributed by atoms with Gasteiger partial charge in [0.2, 0.25) is 5.91 Å². The number of anilines is 1. The minimum atomic E-state index is -0.218. The molecular weight excluding hydrogens is 248 g/mol. The number of carbonyl (C=O) groups excluding carboxylic acids is 1. The lowest BCUT2D eigenvalue weighted by atomic mass is 9.99. The van der Waals surface area contributed by atoms with Gasteiger partial charge in [-0.2, -0.15) is 0 Å². The van der Waals surface area contributed by atoms with E-state index in [9.17, 15) is 4.79 Å². The van der Waals surface area contributed by atoms with Gasteiger partial charge in [-0.05, 0) is 37.1 Å². The van der Waals surface area contributed by atoms with Gasteiger partial charge in [-0.3, -0.25) is 4.79 Å². The molecule has 2 rings (SSSR count). The summed E-state index contributed by atoms with van der Waals surface area (Å²) in [5.41, 5.74) is 8.47. The molecule has 3 N–H and O–H groups in total. The number of amides is 1. The van der Waals surface area contributed by atoms with Gasteiger partial charge in [0.25, 0.3) is 0 Å². The summed E-state index contributed by atoms with van der Waals surface area (Å²) in [5.74, 6) is -0.211. The Morgan fingerprint density at radius 1 is 1.00 bits per heavy atom. The highest BCUT2D eigenvalue weighted by Crippen LogP contribution is 2.20. The number of hydrogen-bond acceptors (Lipinski definition) is 2. The normalized spacial score (nSPS) is 13.5. The average Bonchev–Trinajstić information content (AvgIpc) is 2.47. The van der Waals surface area contributed by atoms with Gasteiger partial charge >= 0.3 is 0 Å². The first-order valence-electron chi connectivity index (χ1n) is 6.78. The molecule has 2 atom stereocenters. The highest BCUT2D eigenvalue weighted by atomic mass is 16.1. The van der Waals surface area contributed by atoms with Crippen molar-refractivity contribution in [3.63, 3.8) is 0 Å². The molecule has 0 heterocycles. The fraction of sp³-hybridized carbons (Fsp3) is 0.235. The average molecular weight is 268 g/mol. The highest BCUT2D eigenvalue weighted by molar-refractivity contribution is 5.83. The van der Waals surface area contributed by atoms with E-state index in [1.807, 2.05) is 68.4 Å². The van der Waals surface area contributed by atoms with E-state index in [0.29, 0.717) is 5.69 Å². The number of hydrogen-bond donors (Lipinski definition) is 2. The molecule has 0 aromatic heterocycles. The van der Waals surface area contributed by atoms with Crippen LogP contribution in [0.2, 0.25) is 0 Å². The lowest BCUT2D eigenvalue weighted by molar-refractivity contribution is -0.122. The molecule has 0 spiro atoms. The second-order valence-corrected chi connectivity index (χ2v) is 5.03. The van der Waals surface area contributed by atoms with Crippen LogP contribution >= 0.6 is 0 Å². The van der Waals surface area contributed by atoms with Gasteiger partial charge in [-0.1, -0.05) is 42.5 Å².